The SMILES string of the molecule is C/C=C/c1ccc(C(CC)CC(C)CC)c2c1=NCCC=2. The van der Waals surface area contributed by atoms with E-state index in [0.29, 0.717) is 5.92 Å². The number of nitrogens with zero attached hydrogens (tertiary/aromatic N) is 1. The Labute approximate surface area is 129 Å². The van der Waals surface area contributed by atoms with Crippen LogP contribution in [-0.4, -0.2) is 6.54 Å². The van der Waals surface area contributed by atoms with Gasteiger partial charge in [-0.25, -0.2) is 0 Å². The van der Waals surface area contributed by atoms with Crippen LogP contribution < -0.4 is 10.6 Å². The highest BCUT2D eigenvalue weighted by Gasteiger charge is 2.16. The predicted octanol–water partition coefficient (Wildman–Crippen LogP) is 4.45. The van der Waals surface area contributed by atoms with Crippen molar-refractivity contribution in [1.29, 1.82) is 0 Å². The maximum atomic E-state index is 4.81. The maximum Gasteiger partial charge on any atom is 0.0718 e. The highest BCUT2D eigenvalue weighted by atomic mass is 14.7. The molecule has 0 bridgehead atoms. The molecule has 21 heavy (non-hydrogen) atoms. The molecular formula is C20H29N. The fourth-order valence-corrected chi connectivity index (χ4v) is 3.25. The van der Waals surface area contributed by atoms with Gasteiger partial charge in [-0.2, -0.15) is 0 Å². The Hall–Kier alpha value is -1.37. The standard InChI is InChI=1S/C20H29N/c1-5-9-17-11-12-18(16(7-3)14-15(4)6-2)19-10-8-13-21-20(17)19/h5,9-12,15-16H,6-8,13-14H2,1-4H3/b9-5+. The van der Waals surface area contributed by atoms with E-state index in [4.69, 9.17) is 4.99 Å². The van der Waals surface area contributed by atoms with E-state index < -0.39 is 0 Å². The van der Waals surface area contributed by atoms with E-state index in [2.05, 4.69) is 58.1 Å². The van der Waals surface area contributed by atoms with Crippen molar-refractivity contribution in [2.75, 3.05) is 6.54 Å². The smallest absolute Gasteiger partial charge is 0.0718 e. The lowest BCUT2D eigenvalue weighted by atomic mass is 9.84. The van der Waals surface area contributed by atoms with E-state index in [1.807, 2.05) is 0 Å². The van der Waals surface area contributed by atoms with Gasteiger partial charge in [-0.15, -0.1) is 0 Å². The van der Waals surface area contributed by atoms with E-state index in [1.165, 1.54) is 41.0 Å². The first-order valence-corrected chi connectivity index (χ1v) is 8.51. The van der Waals surface area contributed by atoms with Crippen LogP contribution in [0.4, 0.5) is 0 Å². The zero-order valence-corrected chi connectivity index (χ0v) is 14.0. The molecule has 1 aliphatic rings. The molecule has 0 radical (unpaired) electrons. The van der Waals surface area contributed by atoms with Crippen molar-refractivity contribution >= 4 is 12.2 Å². The van der Waals surface area contributed by atoms with Crippen LogP contribution in [0, 0.1) is 5.92 Å². The van der Waals surface area contributed by atoms with Crippen LogP contribution in [0.1, 0.15) is 70.4 Å². The topological polar surface area (TPSA) is 12.4 Å². The molecule has 0 aromatic heterocycles. The van der Waals surface area contributed by atoms with Crippen LogP contribution in [0.25, 0.3) is 12.2 Å². The summed E-state index contributed by atoms with van der Waals surface area (Å²) in [6.07, 6.45) is 11.5. The molecule has 1 aromatic carbocycles. The van der Waals surface area contributed by atoms with Crippen molar-refractivity contribution < 1.29 is 0 Å². The van der Waals surface area contributed by atoms with Crippen LogP contribution in [0.3, 0.4) is 0 Å². The Kier molecular flexibility index (Phi) is 5.78. The molecule has 114 valence electrons. The van der Waals surface area contributed by atoms with Crippen LogP contribution in [0.2, 0.25) is 0 Å². The Balaban J connectivity index is 2.51. The average Bonchev–Trinajstić information content (AvgIpc) is 2.53. The molecular weight excluding hydrogens is 254 g/mol. The summed E-state index contributed by atoms with van der Waals surface area (Å²) >= 11 is 0. The van der Waals surface area contributed by atoms with E-state index >= 15 is 0 Å². The normalized spacial score (nSPS) is 17.0. The summed E-state index contributed by atoms with van der Waals surface area (Å²) < 4.78 is 0. The predicted molar refractivity (Wildman–Crippen MR) is 93.0 cm³/mol. The number of hydrogen-bond acceptors (Lipinski definition) is 1. The van der Waals surface area contributed by atoms with Crippen molar-refractivity contribution in [1.82, 2.24) is 0 Å². The minimum absolute atomic E-state index is 0.665. The Morgan fingerprint density at radius 1 is 1.24 bits per heavy atom. The van der Waals surface area contributed by atoms with Crippen LogP contribution >= 0.6 is 0 Å². The number of rotatable bonds is 6. The van der Waals surface area contributed by atoms with E-state index in [1.54, 1.807) is 0 Å². The molecule has 2 rings (SSSR count). The van der Waals surface area contributed by atoms with E-state index in [-0.39, 0.29) is 0 Å². The molecule has 2 atom stereocenters. The molecule has 1 heterocycles. The zero-order chi connectivity index (χ0) is 15.2. The van der Waals surface area contributed by atoms with Crippen molar-refractivity contribution in [2.45, 2.75) is 59.3 Å². The summed E-state index contributed by atoms with van der Waals surface area (Å²) in [5, 5.41) is 2.63. The van der Waals surface area contributed by atoms with Crippen LogP contribution in [0.15, 0.2) is 23.2 Å². The maximum absolute atomic E-state index is 4.81. The largest absolute Gasteiger partial charge is 0.284 e. The van der Waals surface area contributed by atoms with Crippen molar-refractivity contribution in [3.63, 3.8) is 0 Å². The third-order valence-electron chi connectivity index (χ3n) is 4.69. The Morgan fingerprint density at radius 3 is 2.71 bits per heavy atom. The molecule has 2 unspecified atom stereocenters. The fraction of sp³-hybridized carbons (Fsp3) is 0.550. The Morgan fingerprint density at radius 2 is 2.05 bits per heavy atom. The van der Waals surface area contributed by atoms with Crippen molar-refractivity contribution in [3.05, 3.63) is 39.9 Å². The molecule has 1 heteroatoms. The zero-order valence-electron chi connectivity index (χ0n) is 14.0. The van der Waals surface area contributed by atoms with E-state index in [0.717, 1.165) is 18.9 Å². The van der Waals surface area contributed by atoms with Gasteiger partial charge < -0.3 is 0 Å². The molecule has 0 N–H and O–H groups in total. The lowest BCUT2D eigenvalue weighted by Gasteiger charge is -2.21. The number of fused-ring (bicyclic) bond motifs is 1. The minimum atomic E-state index is 0.665. The van der Waals surface area contributed by atoms with Crippen LogP contribution in [0.5, 0.6) is 0 Å². The van der Waals surface area contributed by atoms with Gasteiger partial charge in [0, 0.05) is 6.54 Å². The van der Waals surface area contributed by atoms with Gasteiger partial charge in [-0.05, 0) is 54.4 Å². The van der Waals surface area contributed by atoms with Gasteiger partial charge in [0.15, 0.2) is 0 Å². The number of benzene rings is 1. The first-order valence-electron chi connectivity index (χ1n) is 8.51. The molecule has 0 spiro atoms. The second-order valence-corrected chi connectivity index (χ2v) is 6.24. The molecule has 0 aliphatic carbocycles. The quantitative estimate of drug-likeness (QED) is 0.731. The summed E-state index contributed by atoms with van der Waals surface area (Å²) in [5.41, 5.74) is 2.79. The third kappa shape index (κ3) is 3.64. The Bertz CT molecular complexity index is 609. The fourth-order valence-electron chi connectivity index (χ4n) is 3.25. The van der Waals surface area contributed by atoms with Gasteiger partial charge in [0.05, 0.1) is 5.36 Å². The first kappa shape index (κ1) is 16.0. The average molecular weight is 283 g/mol. The third-order valence-corrected chi connectivity index (χ3v) is 4.69. The molecule has 1 aromatic rings. The molecule has 1 nitrogen and oxygen atoms in total. The lowest BCUT2D eigenvalue weighted by Crippen LogP contribution is -2.35. The summed E-state index contributed by atoms with van der Waals surface area (Å²) in [4.78, 5) is 4.81. The molecule has 0 amide bonds. The summed E-state index contributed by atoms with van der Waals surface area (Å²) in [7, 11) is 0. The summed E-state index contributed by atoms with van der Waals surface area (Å²) in [5.74, 6) is 1.46. The first-order chi connectivity index (χ1) is 10.2. The van der Waals surface area contributed by atoms with Crippen molar-refractivity contribution in [2.24, 2.45) is 10.9 Å². The number of allylic oxidation sites excluding steroid dienone is 1. The van der Waals surface area contributed by atoms with Gasteiger partial charge in [-0.1, -0.05) is 57.6 Å². The molecule has 0 fully saturated rings. The number of hydrogen-bond donors (Lipinski definition) is 0. The second-order valence-electron chi connectivity index (χ2n) is 6.24. The van der Waals surface area contributed by atoms with Crippen molar-refractivity contribution in [3.8, 4) is 0 Å². The van der Waals surface area contributed by atoms with Crippen LogP contribution in [-0.2, 0) is 0 Å². The van der Waals surface area contributed by atoms with Gasteiger partial charge in [0.1, 0.15) is 0 Å². The van der Waals surface area contributed by atoms with Gasteiger partial charge in [0.25, 0.3) is 0 Å². The minimum Gasteiger partial charge on any atom is -0.284 e. The van der Waals surface area contributed by atoms with Gasteiger partial charge in [0.2, 0.25) is 0 Å². The second kappa shape index (κ2) is 7.59. The summed E-state index contributed by atoms with van der Waals surface area (Å²) in [6, 6.07) is 4.61. The monoisotopic (exact) mass is 283 g/mol. The van der Waals surface area contributed by atoms with Gasteiger partial charge in [-0.3, -0.25) is 4.99 Å². The highest BCUT2D eigenvalue weighted by molar-refractivity contribution is 5.51. The van der Waals surface area contributed by atoms with Gasteiger partial charge >= 0.3 is 0 Å². The molecule has 0 saturated carbocycles. The van der Waals surface area contributed by atoms with E-state index in [9.17, 15) is 0 Å². The molecule has 0 saturated heterocycles. The molecule has 1 aliphatic heterocycles. The summed E-state index contributed by atoms with van der Waals surface area (Å²) in [6.45, 7) is 9.99. The lowest BCUT2D eigenvalue weighted by molar-refractivity contribution is 0.445. The highest BCUT2D eigenvalue weighted by Crippen LogP contribution is 2.26.